The zero-order chi connectivity index (χ0) is 24.5. The minimum atomic E-state index is -5.11. The summed E-state index contributed by atoms with van der Waals surface area (Å²) < 4.78 is 74.6. The minimum absolute atomic E-state index is 0.135. The van der Waals surface area contributed by atoms with Crippen LogP contribution in [0.2, 0.25) is 0 Å². The second-order valence-corrected chi connectivity index (χ2v) is 8.08. The van der Waals surface area contributed by atoms with E-state index in [1.165, 1.54) is 12.3 Å². The van der Waals surface area contributed by atoms with Gasteiger partial charge in [-0.1, -0.05) is 50.3 Å². The number of aromatic nitrogens is 2. The first-order valence-electron chi connectivity index (χ1n) is 9.86. The highest BCUT2D eigenvalue weighted by Gasteiger charge is 2.42. The molecule has 10 heteroatoms. The van der Waals surface area contributed by atoms with Gasteiger partial charge in [-0.15, -0.1) is 0 Å². The highest BCUT2D eigenvalue weighted by atomic mass is 32.1. The van der Waals surface area contributed by atoms with Crippen LogP contribution in [0.25, 0.3) is 10.9 Å². The molecule has 0 aliphatic heterocycles. The number of alkyl halides is 5. The van der Waals surface area contributed by atoms with E-state index in [9.17, 15) is 26.7 Å². The quantitative estimate of drug-likeness (QED) is 0.178. The second-order valence-electron chi connectivity index (χ2n) is 7.67. The minimum Gasteiger partial charge on any atom is -0.465 e. The Morgan fingerprint density at radius 2 is 1.79 bits per heavy atom. The Labute approximate surface area is 191 Å². The summed E-state index contributed by atoms with van der Waals surface area (Å²) in [4.78, 5) is 19.7. The first kappa shape index (κ1) is 24.6. The maximum Gasteiger partial charge on any atom is 0.434 e. The molecule has 0 amide bonds. The number of thiocarbonyl (C=S) groups is 1. The summed E-state index contributed by atoms with van der Waals surface area (Å²) in [7, 11) is 0.959. The number of methoxy groups -OCH3 is 1. The van der Waals surface area contributed by atoms with Crippen LogP contribution in [0.4, 0.5) is 22.0 Å². The third-order valence-electron chi connectivity index (χ3n) is 4.91. The molecule has 0 spiro atoms. The number of carbonyl (C=O) groups is 1. The second kappa shape index (κ2) is 9.46. The molecule has 0 atom stereocenters. The number of rotatable bonds is 6. The number of pyridine rings is 2. The van der Waals surface area contributed by atoms with E-state index < -0.39 is 41.1 Å². The molecular formula is C23H19F5N2O2S. The molecule has 33 heavy (non-hydrogen) atoms. The first-order valence-corrected chi connectivity index (χ1v) is 10.3. The molecule has 3 aromatic rings. The zero-order valence-electron chi connectivity index (χ0n) is 17.8. The number of para-hydroxylation sites is 1. The summed E-state index contributed by atoms with van der Waals surface area (Å²) in [6.45, 7) is 3.37. The van der Waals surface area contributed by atoms with Crippen LogP contribution in [0.3, 0.4) is 0 Å². The van der Waals surface area contributed by atoms with Crippen molar-refractivity contribution in [2.45, 2.75) is 32.9 Å². The van der Waals surface area contributed by atoms with E-state index in [-0.39, 0.29) is 28.3 Å². The van der Waals surface area contributed by atoms with Crippen LogP contribution in [-0.2, 0) is 17.3 Å². The molecule has 174 valence electrons. The Morgan fingerprint density at radius 1 is 1.12 bits per heavy atom. The van der Waals surface area contributed by atoms with Crippen LogP contribution in [0, 0.1) is 5.92 Å². The van der Waals surface area contributed by atoms with Crippen LogP contribution in [-0.4, -0.2) is 27.9 Å². The topological polar surface area (TPSA) is 52.1 Å². The lowest BCUT2D eigenvalue weighted by molar-refractivity contribution is -0.141. The van der Waals surface area contributed by atoms with Gasteiger partial charge in [0.15, 0.2) is 5.69 Å². The molecule has 0 saturated carbocycles. The molecule has 3 rings (SSSR count). The van der Waals surface area contributed by atoms with Crippen molar-refractivity contribution in [3.8, 4) is 0 Å². The molecule has 1 aromatic carbocycles. The van der Waals surface area contributed by atoms with Crippen molar-refractivity contribution in [2.75, 3.05) is 7.11 Å². The van der Waals surface area contributed by atoms with Gasteiger partial charge in [0.2, 0.25) is 0 Å². The lowest BCUT2D eigenvalue weighted by Crippen LogP contribution is -2.25. The van der Waals surface area contributed by atoms with Crippen molar-refractivity contribution in [3.05, 3.63) is 70.2 Å². The molecule has 2 aromatic heterocycles. The number of ether oxygens (including phenoxy) is 1. The van der Waals surface area contributed by atoms with E-state index in [2.05, 4.69) is 14.7 Å². The molecule has 0 aliphatic rings. The summed E-state index contributed by atoms with van der Waals surface area (Å²) >= 11 is 5.48. The fourth-order valence-electron chi connectivity index (χ4n) is 3.63. The predicted molar refractivity (Wildman–Crippen MR) is 117 cm³/mol. The fourth-order valence-corrected chi connectivity index (χ4v) is 4.01. The van der Waals surface area contributed by atoms with Crippen molar-refractivity contribution in [3.63, 3.8) is 0 Å². The molecule has 0 bridgehead atoms. The number of carbonyl (C=O) groups excluding carboxylic acids is 1. The molecule has 0 aliphatic carbocycles. The van der Waals surface area contributed by atoms with Gasteiger partial charge in [0.25, 0.3) is 6.43 Å². The van der Waals surface area contributed by atoms with E-state index >= 15 is 0 Å². The van der Waals surface area contributed by atoms with Crippen LogP contribution in [0.5, 0.6) is 0 Å². The van der Waals surface area contributed by atoms with E-state index in [0.29, 0.717) is 10.9 Å². The van der Waals surface area contributed by atoms with Gasteiger partial charge >= 0.3 is 12.1 Å². The maximum absolute atomic E-state index is 14.1. The average Bonchev–Trinajstić information content (AvgIpc) is 2.75. The summed E-state index contributed by atoms with van der Waals surface area (Å²) in [5, 5.41) is 0.627. The van der Waals surface area contributed by atoms with Crippen molar-refractivity contribution in [2.24, 2.45) is 5.92 Å². The van der Waals surface area contributed by atoms with Crippen molar-refractivity contribution < 1.29 is 31.5 Å². The lowest BCUT2D eigenvalue weighted by atomic mass is 9.87. The molecular weight excluding hydrogens is 463 g/mol. The van der Waals surface area contributed by atoms with Gasteiger partial charge in [-0.2, -0.15) is 13.2 Å². The highest BCUT2D eigenvalue weighted by molar-refractivity contribution is 7.81. The molecule has 0 fully saturated rings. The standard InChI is InChI=1S/C23H19F5N2O2S/c1-11(2)10-14-15(22(31)32-3)18(21(24)25)30-20(23(26,27)28)16(14)19(33)13-8-4-6-12-7-5-9-29-17(12)13/h4-9,11,21H,10H2,1-3H3. The van der Waals surface area contributed by atoms with Crippen LogP contribution >= 0.6 is 12.2 Å². The van der Waals surface area contributed by atoms with Crippen LogP contribution in [0.15, 0.2) is 36.5 Å². The Bertz CT molecular complexity index is 1220. The highest BCUT2D eigenvalue weighted by Crippen LogP contribution is 2.39. The Morgan fingerprint density at radius 3 is 2.36 bits per heavy atom. The average molecular weight is 482 g/mol. The Hall–Kier alpha value is -3.01. The molecule has 0 saturated heterocycles. The summed E-state index contributed by atoms with van der Waals surface area (Å²) in [6, 6.07) is 8.19. The zero-order valence-corrected chi connectivity index (χ0v) is 18.7. The number of esters is 1. The van der Waals surface area contributed by atoms with Gasteiger partial charge in [0.1, 0.15) is 5.69 Å². The molecule has 0 N–H and O–H groups in total. The summed E-state index contributed by atoms with van der Waals surface area (Å²) in [5.74, 6) is -1.50. The predicted octanol–water partition coefficient (Wildman–Crippen LogP) is 6.34. The number of benzene rings is 1. The third kappa shape index (κ3) is 4.85. The van der Waals surface area contributed by atoms with E-state index in [4.69, 9.17) is 12.2 Å². The molecule has 0 radical (unpaired) electrons. The first-order chi connectivity index (χ1) is 15.5. The summed E-state index contributed by atoms with van der Waals surface area (Å²) in [5.41, 5.74) is -3.88. The number of fused-ring (bicyclic) bond motifs is 1. The van der Waals surface area contributed by atoms with Crippen molar-refractivity contribution >= 4 is 34.0 Å². The maximum atomic E-state index is 14.1. The smallest absolute Gasteiger partial charge is 0.434 e. The number of hydrogen-bond donors (Lipinski definition) is 0. The van der Waals surface area contributed by atoms with Gasteiger partial charge in [-0.25, -0.2) is 18.6 Å². The van der Waals surface area contributed by atoms with Crippen molar-refractivity contribution in [1.82, 2.24) is 9.97 Å². The Balaban J connectivity index is 2.48. The SMILES string of the molecule is COC(=O)c1c(C(F)F)nc(C(F)(F)F)c(C(=S)c2cccc3cccnc23)c1CC(C)C. The normalized spacial score (nSPS) is 11.9. The fraction of sp³-hybridized carbons (Fsp3) is 0.304. The number of nitrogens with zero attached hydrogens (tertiary/aromatic N) is 2. The monoisotopic (exact) mass is 482 g/mol. The largest absolute Gasteiger partial charge is 0.465 e. The van der Waals surface area contributed by atoms with E-state index in [1.807, 2.05) is 0 Å². The van der Waals surface area contributed by atoms with E-state index in [1.54, 1.807) is 38.1 Å². The van der Waals surface area contributed by atoms with Gasteiger partial charge < -0.3 is 4.74 Å². The molecule has 0 unspecified atom stereocenters. The van der Waals surface area contributed by atoms with Gasteiger partial charge in [0, 0.05) is 22.7 Å². The number of halogens is 5. The van der Waals surface area contributed by atoms with Gasteiger partial charge in [-0.3, -0.25) is 4.98 Å². The van der Waals surface area contributed by atoms with Crippen LogP contribution < -0.4 is 0 Å². The number of hydrogen-bond acceptors (Lipinski definition) is 5. The Kier molecular flexibility index (Phi) is 7.06. The third-order valence-corrected chi connectivity index (χ3v) is 5.33. The molecule has 4 nitrogen and oxygen atoms in total. The lowest BCUT2D eigenvalue weighted by Gasteiger charge is -2.23. The van der Waals surface area contributed by atoms with Gasteiger partial charge in [-0.05, 0) is 24.0 Å². The van der Waals surface area contributed by atoms with E-state index in [0.717, 1.165) is 7.11 Å². The van der Waals surface area contributed by atoms with Gasteiger partial charge in [0.05, 0.1) is 23.1 Å². The molecule has 2 heterocycles. The summed E-state index contributed by atoms with van der Waals surface area (Å²) in [6.07, 6.45) is -7.22. The van der Waals surface area contributed by atoms with Crippen molar-refractivity contribution in [1.29, 1.82) is 0 Å². The van der Waals surface area contributed by atoms with Crippen LogP contribution in [0.1, 0.15) is 58.7 Å².